The van der Waals surface area contributed by atoms with Crippen LogP contribution < -0.4 is 10.6 Å². The van der Waals surface area contributed by atoms with E-state index in [-0.39, 0.29) is 6.35 Å². The number of hydrogen-bond donors (Lipinski definition) is 0. The summed E-state index contributed by atoms with van der Waals surface area (Å²) >= 11 is 0. The van der Waals surface area contributed by atoms with Crippen LogP contribution >= 0.6 is 7.14 Å². The standard InChI is InChI=1S/C15H17O2P/c1-2-17-13-18(16,14-9-5-3-6-10-14)15-11-7-4-8-12-15/h3-12H,2,13H2,1H3. The molecule has 0 unspecified atom stereocenters. The maximum Gasteiger partial charge on any atom is 0.167 e. The maximum atomic E-state index is 13.3. The molecule has 0 bridgehead atoms. The van der Waals surface area contributed by atoms with Gasteiger partial charge >= 0.3 is 0 Å². The fraction of sp³-hybridized carbons (Fsp3) is 0.200. The minimum absolute atomic E-state index is 0.261. The Balaban J connectivity index is 2.45. The van der Waals surface area contributed by atoms with Gasteiger partial charge in [0.1, 0.15) is 6.35 Å². The van der Waals surface area contributed by atoms with Gasteiger partial charge in [-0.2, -0.15) is 0 Å². The van der Waals surface area contributed by atoms with E-state index in [2.05, 4.69) is 0 Å². The van der Waals surface area contributed by atoms with Crippen molar-refractivity contribution in [1.29, 1.82) is 0 Å². The topological polar surface area (TPSA) is 26.3 Å². The average Bonchev–Trinajstić information content (AvgIpc) is 2.46. The first-order valence-corrected chi connectivity index (χ1v) is 7.94. The Bertz CT molecular complexity index is 479. The molecule has 0 saturated heterocycles. The first kappa shape index (κ1) is 13.1. The lowest BCUT2D eigenvalue weighted by Gasteiger charge is -2.18. The highest BCUT2D eigenvalue weighted by atomic mass is 31.2. The van der Waals surface area contributed by atoms with Crippen LogP contribution in [0.25, 0.3) is 0 Å². The number of benzene rings is 2. The maximum absolute atomic E-state index is 13.3. The second-order valence-corrected chi connectivity index (χ2v) is 6.80. The van der Waals surface area contributed by atoms with Gasteiger partial charge in [0.15, 0.2) is 7.14 Å². The van der Waals surface area contributed by atoms with Gasteiger partial charge in [0, 0.05) is 17.2 Å². The molecule has 0 radical (unpaired) electrons. The van der Waals surface area contributed by atoms with Gasteiger partial charge in [0.05, 0.1) is 0 Å². The summed E-state index contributed by atoms with van der Waals surface area (Å²) < 4.78 is 18.7. The van der Waals surface area contributed by atoms with Crippen LogP contribution in [0.2, 0.25) is 0 Å². The fourth-order valence-electron chi connectivity index (χ4n) is 1.86. The molecule has 2 aromatic rings. The summed E-state index contributed by atoms with van der Waals surface area (Å²) in [4.78, 5) is 0. The molecular formula is C15H17O2P. The van der Waals surface area contributed by atoms with Gasteiger partial charge in [-0.05, 0) is 6.92 Å². The highest BCUT2D eigenvalue weighted by Crippen LogP contribution is 2.42. The molecule has 2 nitrogen and oxygen atoms in total. The Morgan fingerprint density at radius 3 is 1.72 bits per heavy atom. The Morgan fingerprint density at radius 2 is 1.33 bits per heavy atom. The third kappa shape index (κ3) is 2.72. The Kier molecular flexibility index (Phi) is 4.35. The van der Waals surface area contributed by atoms with Crippen molar-refractivity contribution < 1.29 is 9.30 Å². The summed E-state index contributed by atoms with van der Waals surface area (Å²) in [7, 11) is -2.66. The third-order valence-electron chi connectivity index (χ3n) is 2.82. The Morgan fingerprint density at radius 1 is 0.889 bits per heavy atom. The molecule has 18 heavy (non-hydrogen) atoms. The van der Waals surface area contributed by atoms with E-state index in [1.54, 1.807) is 0 Å². The molecule has 0 aliphatic carbocycles. The van der Waals surface area contributed by atoms with Crippen molar-refractivity contribution in [3.63, 3.8) is 0 Å². The lowest BCUT2D eigenvalue weighted by Crippen LogP contribution is -2.19. The van der Waals surface area contributed by atoms with Crippen LogP contribution in [-0.4, -0.2) is 13.0 Å². The second-order valence-electron chi connectivity index (χ2n) is 4.03. The molecule has 0 atom stereocenters. The quantitative estimate of drug-likeness (QED) is 0.772. The highest BCUT2D eigenvalue weighted by Gasteiger charge is 2.26. The molecule has 0 heterocycles. The van der Waals surface area contributed by atoms with Crippen molar-refractivity contribution in [2.45, 2.75) is 6.92 Å². The SMILES string of the molecule is CCOCP(=O)(c1ccccc1)c1ccccc1. The highest BCUT2D eigenvalue weighted by molar-refractivity contribution is 7.78. The molecule has 3 heteroatoms. The molecule has 2 aromatic carbocycles. The van der Waals surface area contributed by atoms with Crippen LogP contribution in [0.15, 0.2) is 60.7 Å². The van der Waals surface area contributed by atoms with Crippen LogP contribution in [0.3, 0.4) is 0 Å². The molecule has 0 fully saturated rings. The molecule has 0 spiro atoms. The van der Waals surface area contributed by atoms with Crippen molar-refractivity contribution in [3.8, 4) is 0 Å². The normalized spacial score (nSPS) is 11.4. The lowest BCUT2D eigenvalue weighted by molar-refractivity contribution is 0.193. The smallest absolute Gasteiger partial charge is 0.167 e. The zero-order valence-corrected chi connectivity index (χ0v) is 11.3. The van der Waals surface area contributed by atoms with Crippen molar-refractivity contribution >= 4 is 17.8 Å². The van der Waals surface area contributed by atoms with Gasteiger partial charge in [-0.15, -0.1) is 0 Å². The zero-order chi connectivity index (χ0) is 12.8. The summed E-state index contributed by atoms with van der Waals surface area (Å²) in [5, 5.41) is 1.70. The summed E-state index contributed by atoms with van der Waals surface area (Å²) in [5.74, 6) is 0. The summed E-state index contributed by atoms with van der Waals surface area (Å²) in [6, 6.07) is 19.2. The van der Waals surface area contributed by atoms with E-state index >= 15 is 0 Å². The third-order valence-corrected chi connectivity index (χ3v) is 5.63. The molecule has 0 aliphatic heterocycles. The van der Waals surface area contributed by atoms with Gasteiger partial charge in [-0.1, -0.05) is 60.7 Å². The molecule has 0 saturated carbocycles. The largest absolute Gasteiger partial charge is 0.373 e. The fourth-order valence-corrected chi connectivity index (χ4v) is 4.20. The van der Waals surface area contributed by atoms with Crippen LogP contribution in [-0.2, 0) is 9.30 Å². The van der Waals surface area contributed by atoms with Gasteiger partial charge in [-0.25, -0.2) is 0 Å². The van der Waals surface area contributed by atoms with E-state index < -0.39 is 7.14 Å². The Labute approximate surface area is 108 Å². The molecule has 0 N–H and O–H groups in total. The van der Waals surface area contributed by atoms with Crippen molar-refractivity contribution in [1.82, 2.24) is 0 Å². The molecular weight excluding hydrogens is 243 g/mol. The second kappa shape index (κ2) is 5.99. The van der Waals surface area contributed by atoms with Crippen LogP contribution in [0.4, 0.5) is 0 Å². The van der Waals surface area contributed by atoms with E-state index in [0.717, 1.165) is 10.6 Å². The predicted molar refractivity (Wildman–Crippen MR) is 76.3 cm³/mol. The van der Waals surface area contributed by atoms with E-state index in [9.17, 15) is 4.57 Å². The summed E-state index contributed by atoms with van der Waals surface area (Å²) in [6.07, 6.45) is 0.261. The predicted octanol–water partition coefficient (Wildman–Crippen LogP) is 2.99. The van der Waals surface area contributed by atoms with E-state index in [4.69, 9.17) is 4.74 Å². The van der Waals surface area contributed by atoms with Gasteiger partial charge in [0.25, 0.3) is 0 Å². The molecule has 0 aliphatic rings. The number of rotatable bonds is 5. The van der Waals surface area contributed by atoms with Crippen molar-refractivity contribution in [2.24, 2.45) is 0 Å². The van der Waals surface area contributed by atoms with E-state index in [0.29, 0.717) is 6.61 Å². The molecule has 0 aromatic heterocycles. The zero-order valence-electron chi connectivity index (χ0n) is 10.5. The minimum Gasteiger partial charge on any atom is -0.373 e. The summed E-state index contributed by atoms with van der Waals surface area (Å²) in [6.45, 7) is 2.49. The van der Waals surface area contributed by atoms with E-state index in [1.807, 2.05) is 67.6 Å². The minimum atomic E-state index is -2.66. The van der Waals surface area contributed by atoms with Crippen LogP contribution in [0, 0.1) is 0 Å². The number of ether oxygens (including phenoxy) is 1. The van der Waals surface area contributed by atoms with Gasteiger partial charge in [0.2, 0.25) is 0 Å². The monoisotopic (exact) mass is 260 g/mol. The van der Waals surface area contributed by atoms with Crippen LogP contribution in [0.5, 0.6) is 0 Å². The average molecular weight is 260 g/mol. The van der Waals surface area contributed by atoms with Gasteiger partial charge in [-0.3, -0.25) is 0 Å². The lowest BCUT2D eigenvalue weighted by atomic mass is 10.4. The number of hydrogen-bond acceptors (Lipinski definition) is 2. The first-order valence-electron chi connectivity index (χ1n) is 6.05. The first-order chi connectivity index (χ1) is 8.77. The van der Waals surface area contributed by atoms with Crippen LogP contribution in [0.1, 0.15) is 6.92 Å². The van der Waals surface area contributed by atoms with Crippen molar-refractivity contribution in [3.05, 3.63) is 60.7 Å². The molecule has 0 amide bonds. The van der Waals surface area contributed by atoms with E-state index in [1.165, 1.54) is 0 Å². The Hall–Kier alpha value is -1.37. The van der Waals surface area contributed by atoms with Gasteiger partial charge < -0.3 is 9.30 Å². The summed E-state index contributed by atoms with van der Waals surface area (Å²) in [5.41, 5.74) is 0. The van der Waals surface area contributed by atoms with Crippen molar-refractivity contribution in [2.75, 3.05) is 13.0 Å². The molecule has 94 valence electrons. The molecule has 2 rings (SSSR count).